The molecule has 5 nitrogen and oxygen atoms in total. The zero-order chi connectivity index (χ0) is 27.8. The van der Waals surface area contributed by atoms with Gasteiger partial charge in [-0.15, -0.1) is 0 Å². The first-order chi connectivity index (χ1) is 18.5. The van der Waals surface area contributed by atoms with E-state index in [2.05, 4.69) is 17.0 Å². The van der Waals surface area contributed by atoms with E-state index in [9.17, 15) is 19.8 Å². The number of fused-ring (bicyclic) bond motifs is 7. The summed E-state index contributed by atoms with van der Waals surface area (Å²) in [5.74, 6) is -1.83. The van der Waals surface area contributed by atoms with E-state index in [0.717, 1.165) is 19.4 Å². The fraction of sp³-hybridized carbons (Fsp3) is 0.625. The lowest BCUT2D eigenvalue weighted by atomic mass is 9.43. The van der Waals surface area contributed by atoms with Crippen LogP contribution in [0.2, 0.25) is 0 Å². The second-order valence-corrected chi connectivity index (χ2v) is 13.2. The van der Waals surface area contributed by atoms with Gasteiger partial charge in [-0.2, -0.15) is 0 Å². The highest BCUT2D eigenvalue weighted by Gasteiger charge is 2.78. The first kappa shape index (κ1) is 27.0. The van der Waals surface area contributed by atoms with Gasteiger partial charge in [0.25, 0.3) is 0 Å². The molecule has 0 unspecified atom stereocenters. The summed E-state index contributed by atoms with van der Waals surface area (Å²) in [6.07, 6.45) is 3.38. The molecule has 0 spiro atoms. The van der Waals surface area contributed by atoms with E-state index in [1.165, 1.54) is 23.8 Å². The zero-order valence-electron chi connectivity index (χ0n) is 22.8. The number of allylic oxidation sites excluding steroid dienone is 4. The Morgan fingerprint density at radius 1 is 1.15 bits per heavy atom. The van der Waals surface area contributed by atoms with Crippen molar-refractivity contribution in [2.75, 3.05) is 26.2 Å². The second-order valence-electron chi connectivity index (χ2n) is 13.2. The van der Waals surface area contributed by atoms with Crippen molar-refractivity contribution >= 4 is 11.6 Å². The molecule has 210 valence electrons. The Kier molecular flexibility index (Phi) is 6.33. The number of carbonyl (C=O) groups is 2. The molecule has 9 atom stereocenters. The Morgan fingerprint density at radius 3 is 2.62 bits per heavy atom. The molecule has 4 aliphatic carbocycles. The van der Waals surface area contributed by atoms with Crippen LogP contribution >= 0.6 is 0 Å². The van der Waals surface area contributed by atoms with Crippen molar-refractivity contribution in [3.05, 3.63) is 59.7 Å². The van der Waals surface area contributed by atoms with E-state index in [-0.39, 0.29) is 41.8 Å². The fourth-order valence-electron chi connectivity index (χ4n) is 9.84. The van der Waals surface area contributed by atoms with Crippen molar-refractivity contribution in [2.45, 2.75) is 63.9 Å². The van der Waals surface area contributed by atoms with Gasteiger partial charge >= 0.3 is 0 Å². The lowest BCUT2D eigenvalue weighted by Crippen LogP contribution is -2.69. The van der Waals surface area contributed by atoms with Gasteiger partial charge in [0.1, 0.15) is 12.8 Å². The zero-order valence-corrected chi connectivity index (χ0v) is 22.8. The minimum Gasteiger partial charge on any atom is -0.390 e. The Hall–Kier alpha value is -2.22. The van der Waals surface area contributed by atoms with Gasteiger partial charge < -0.3 is 15.1 Å². The normalized spacial score (nSPS) is 44.8. The lowest BCUT2D eigenvalue weighted by molar-refractivity contribution is -0.212. The van der Waals surface area contributed by atoms with Crippen LogP contribution in [0.15, 0.2) is 54.1 Å². The summed E-state index contributed by atoms with van der Waals surface area (Å²) in [6, 6.07) is 10.3. The summed E-state index contributed by atoms with van der Waals surface area (Å²) in [4.78, 5) is 28.0. The molecule has 3 saturated carbocycles. The third-order valence-corrected chi connectivity index (χ3v) is 11.6. The minimum atomic E-state index is -2.15. The van der Waals surface area contributed by atoms with Gasteiger partial charge in [-0.25, -0.2) is 8.78 Å². The fourth-order valence-corrected chi connectivity index (χ4v) is 9.84. The number of aryl methyl sites for hydroxylation is 1. The summed E-state index contributed by atoms with van der Waals surface area (Å²) >= 11 is 0. The average molecular weight is 540 g/mol. The van der Waals surface area contributed by atoms with Gasteiger partial charge in [0.2, 0.25) is 0 Å². The number of hydrogen-bond donors (Lipinski definition) is 2. The number of hydrogen-bond acceptors (Lipinski definition) is 5. The molecule has 4 fully saturated rings. The predicted molar refractivity (Wildman–Crippen MR) is 143 cm³/mol. The number of rotatable bonds is 6. The summed E-state index contributed by atoms with van der Waals surface area (Å²) < 4.78 is 33.2. The molecule has 0 amide bonds. The van der Waals surface area contributed by atoms with Crippen LogP contribution in [0.5, 0.6) is 0 Å². The largest absolute Gasteiger partial charge is 0.390 e. The molecule has 5 aliphatic rings. The highest BCUT2D eigenvalue weighted by atomic mass is 19.1. The minimum absolute atomic E-state index is 0.0619. The molecule has 2 N–H and O–H groups in total. The van der Waals surface area contributed by atoms with E-state index >= 15 is 8.78 Å². The SMILES string of the molecule is C[C@]12C=CC(=O)C=C1[C@@H](F)C[C@H]1[C@@H]3C[C@H]4CN(CCCc5ccccc5)C[C@]4(C(=O)CO)[C@@]3(C)C[C@H](O)[C@@]12F. The maximum absolute atomic E-state index is 17.5. The third-order valence-electron chi connectivity index (χ3n) is 11.6. The van der Waals surface area contributed by atoms with Gasteiger partial charge in [-0.05, 0) is 86.1 Å². The number of aliphatic hydroxyl groups excluding tert-OH is 2. The molecule has 1 saturated heterocycles. The van der Waals surface area contributed by atoms with Crippen LogP contribution in [0, 0.1) is 34.0 Å². The second kappa shape index (κ2) is 9.15. The number of carbonyl (C=O) groups excluding carboxylic acids is 2. The number of likely N-dealkylation sites (tertiary alicyclic amines) is 1. The van der Waals surface area contributed by atoms with E-state index in [1.54, 1.807) is 6.92 Å². The number of aliphatic hydroxyl groups is 2. The molecule has 7 heteroatoms. The quantitative estimate of drug-likeness (QED) is 0.571. The standard InChI is InChI=1S/C32H39F2NO4/c1-29-11-10-22(37)14-25(29)26(33)15-24-23-13-21-17-35(12-6-9-20-7-4-3-5-8-20)19-31(21,28(39)18-36)30(23,2)16-27(38)32(24,29)34/h3-5,7-8,10-11,14,21,23-24,26-27,36,38H,6,9,12-13,15-19H2,1-2H3/t21-,23-,24-,26-,27-,29-,30-,31-,32-/m0/s1. The van der Waals surface area contributed by atoms with Crippen LogP contribution < -0.4 is 0 Å². The Balaban J connectivity index is 1.32. The number of nitrogens with zero attached hydrogens (tertiary/aromatic N) is 1. The first-order valence-electron chi connectivity index (χ1n) is 14.4. The van der Waals surface area contributed by atoms with E-state index in [1.807, 2.05) is 25.1 Å². The number of ketones is 2. The van der Waals surface area contributed by atoms with E-state index < -0.39 is 46.7 Å². The van der Waals surface area contributed by atoms with Crippen LogP contribution in [0.25, 0.3) is 0 Å². The van der Waals surface area contributed by atoms with Gasteiger partial charge in [0.05, 0.1) is 11.5 Å². The van der Waals surface area contributed by atoms with Crippen molar-refractivity contribution in [3.8, 4) is 0 Å². The maximum atomic E-state index is 17.5. The maximum Gasteiger partial charge on any atom is 0.178 e. The van der Waals surface area contributed by atoms with Crippen LogP contribution in [0.3, 0.4) is 0 Å². The van der Waals surface area contributed by atoms with Crippen LogP contribution in [-0.4, -0.2) is 70.9 Å². The molecular formula is C32H39F2NO4. The summed E-state index contributed by atoms with van der Waals surface area (Å²) in [7, 11) is 0. The third kappa shape index (κ3) is 3.51. The predicted octanol–water partition coefficient (Wildman–Crippen LogP) is 4.03. The molecule has 6 rings (SSSR count). The number of benzene rings is 1. The molecular weight excluding hydrogens is 500 g/mol. The monoisotopic (exact) mass is 539 g/mol. The molecule has 1 heterocycles. The summed E-state index contributed by atoms with van der Waals surface area (Å²) in [6.45, 7) is 4.93. The summed E-state index contributed by atoms with van der Waals surface area (Å²) in [5, 5.41) is 21.8. The Labute approximate surface area is 229 Å². The van der Waals surface area contributed by atoms with Crippen molar-refractivity contribution < 1.29 is 28.6 Å². The molecule has 1 aliphatic heterocycles. The van der Waals surface area contributed by atoms with Crippen LogP contribution in [0.1, 0.15) is 45.1 Å². The Morgan fingerprint density at radius 2 is 1.90 bits per heavy atom. The highest BCUT2D eigenvalue weighted by molar-refractivity contribution is 6.01. The van der Waals surface area contributed by atoms with Gasteiger partial charge in [-0.1, -0.05) is 43.3 Å². The van der Waals surface area contributed by atoms with E-state index in [4.69, 9.17) is 0 Å². The van der Waals surface area contributed by atoms with Crippen molar-refractivity contribution in [2.24, 2.45) is 34.0 Å². The van der Waals surface area contributed by atoms with Crippen LogP contribution in [0.4, 0.5) is 8.78 Å². The molecule has 1 aromatic carbocycles. The van der Waals surface area contributed by atoms with E-state index in [0.29, 0.717) is 19.5 Å². The molecule has 39 heavy (non-hydrogen) atoms. The summed E-state index contributed by atoms with van der Waals surface area (Å²) in [5.41, 5.74) is -3.91. The number of Topliss-reactive ketones (excluding diaryl/α,β-unsaturated/α-hetero) is 1. The topological polar surface area (TPSA) is 77.8 Å². The lowest BCUT2D eigenvalue weighted by Gasteiger charge is -2.63. The molecule has 0 aromatic heterocycles. The number of alkyl halides is 2. The molecule has 0 bridgehead atoms. The smallest absolute Gasteiger partial charge is 0.178 e. The van der Waals surface area contributed by atoms with Gasteiger partial charge in [-0.3, -0.25) is 9.59 Å². The van der Waals surface area contributed by atoms with Gasteiger partial charge in [0, 0.05) is 24.4 Å². The average Bonchev–Trinajstić information content (AvgIpc) is 3.39. The van der Waals surface area contributed by atoms with Crippen molar-refractivity contribution in [3.63, 3.8) is 0 Å². The highest BCUT2D eigenvalue weighted by Crippen LogP contribution is 2.74. The molecule has 0 radical (unpaired) electrons. The Bertz CT molecular complexity index is 1230. The van der Waals surface area contributed by atoms with Crippen molar-refractivity contribution in [1.82, 2.24) is 4.90 Å². The molecule has 1 aromatic rings. The van der Waals surface area contributed by atoms with Gasteiger partial charge in [0.15, 0.2) is 17.2 Å². The number of halogens is 2. The van der Waals surface area contributed by atoms with Crippen molar-refractivity contribution in [1.29, 1.82) is 0 Å². The first-order valence-corrected chi connectivity index (χ1v) is 14.4. The van der Waals surface area contributed by atoms with Crippen LogP contribution in [-0.2, 0) is 16.0 Å².